The van der Waals surface area contributed by atoms with Crippen LogP contribution in [0.1, 0.15) is 46.5 Å². The first-order valence-electron chi connectivity index (χ1n) is 8.14. The fraction of sp³-hybridized carbons (Fsp3) is 0.941. The van der Waals surface area contributed by atoms with Crippen LogP contribution in [0.3, 0.4) is 0 Å². The number of methoxy groups -OCH3 is 1. The van der Waals surface area contributed by atoms with Crippen LogP contribution in [0.4, 0.5) is 0 Å². The molecular formula is C17H28O3. The van der Waals surface area contributed by atoms with Gasteiger partial charge in [-0.2, -0.15) is 0 Å². The molecule has 0 aromatic rings. The van der Waals surface area contributed by atoms with E-state index in [0.717, 1.165) is 36.0 Å². The Kier molecular flexibility index (Phi) is 3.39. The summed E-state index contributed by atoms with van der Waals surface area (Å²) >= 11 is 0. The number of aliphatic hydroxyl groups is 1. The molecule has 0 heterocycles. The van der Waals surface area contributed by atoms with Gasteiger partial charge in [0, 0.05) is 0 Å². The highest BCUT2D eigenvalue weighted by Crippen LogP contribution is 2.65. The molecule has 3 saturated carbocycles. The molecule has 0 aliphatic heterocycles. The molecule has 0 aromatic carbocycles. The van der Waals surface area contributed by atoms with Crippen molar-refractivity contribution in [2.75, 3.05) is 7.11 Å². The van der Waals surface area contributed by atoms with Gasteiger partial charge < -0.3 is 9.84 Å². The molecule has 3 aliphatic carbocycles. The van der Waals surface area contributed by atoms with Gasteiger partial charge in [-0.25, -0.2) is 0 Å². The smallest absolute Gasteiger partial charge is 0.308 e. The molecule has 8 atom stereocenters. The summed E-state index contributed by atoms with van der Waals surface area (Å²) in [5.41, 5.74) is -0.900. The molecule has 0 spiro atoms. The van der Waals surface area contributed by atoms with Gasteiger partial charge in [0.1, 0.15) is 0 Å². The highest BCUT2D eigenvalue weighted by molar-refractivity contribution is 5.70. The van der Waals surface area contributed by atoms with Gasteiger partial charge in [-0.15, -0.1) is 0 Å². The Labute approximate surface area is 122 Å². The van der Waals surface area contributed by atoms with Crippen molar-refractivity contribution < 1.29 is 14.6 Å². The van der Waals surface area contributed by atoms with Crippen molar-refractivity contribution in [2.45, 2.75) is 52.1 Å². The lowest BCUT2D eigenvalue weighted by molar-refractivity contribution is -0.149. The van der Waals surface area contributed by atoms with Gasteiger partial charge in [-0.3, -0.25) is 4.79 Å². The lowest BCUT2D eigenvalue weighted by atomic mass is 9.67. The Morgan fingerprint density at radius 2 is 1.95 bits per heavy atom. The topological polar surface area (TPSA) is 46.5 Å². The van der Waals surface area contributed by atoms with E-state index < -0.39 is 5.60 Å². The Morgan fingerprint density at radius 3 is 2.60 bits per heavy atom. The summed E-state index contributed by atoms with van der Waals surface area (Å²) in [7, 11) is 1.40. The second-order valence-corrected chi connectivity index (χ2v) is 7.93. The van der Waals surface area contributed by atoms with E-state index in [-0.39, 0.29) is 18.3 Å². The SMILES string of the molecule is COC(=O)CC(C)(O)C1CC2CC1C1C(C)C(C)CC21. The number of rotatable bonds is 3. The maximum atomic E-state index is 11.6. The summed E-state index contributed by atoms with van der Waals surface area (Å²) in [4.78, 5) is 11.6. The zero-order valence-corrected chi connectivity index (χ0v) is 13.1. The van der Waals surface area contributed by atoms with Crippen molar-refractivity contribution in [3.63, 3.8) is 0 Å². The first kappa shape index (κ1) is 14.4. The zero-order chi connectivity index (χ0) is 14.7. The largest absolute Gasteiger partial charge is 0.469 e. The minimum absolute atomic E-state index is 0.138. The third kappa shape index (κ3) is 2.01. The Bertz CT molecular complexity index is 403. The molecule has 3 aliphatic rings. The summed E-state index contributed by atoms with van der Waals surface area (Å²) in [6.07, 6.45) is 3.89. The molecule has 1 N–H and O–H groups in total. The molecule has 0 aromatic heterocycles. The first-order chi connectivity index (χ1) is 9.35. The number of ether oxygens (including phenoxy) is 1. The van der Waals surface area contributed by atoms with Crippen molar-refractivity contribution in [3.8, 4) is 0 Å². The summed E-state index contributed by atoms with van der Waals surface area (Å²) in [5.74, 6) is 4.64. The van der Waals surface area contributed by atoms with E-state index in [0.29, 0.717) is 5.92 Å². The Morgan fingerprint density at radius 1 is 1.25 bits per heavy atom. The molecule has 0 saturated heterocycles. The van der Waals surface area contributed by atoms with Crippen LogP contribution < -0.4 is 0 Å². The minimum atomic E-state index is -0.900. The van der Waals surface area contributed by atoms with E-state index in [2.05, 4.69) is 13.8 Å². The number of carbonyl (C=O) groups is 1. The Balaban J connectivity index is 1.77. The summed E-state index contributed by atoms with van der Waals surface area (Å²) < 4.78 is 4.75. The van der Waals surface area contributed by atoms with Crippen LogP contribution in [-0.4, -0.2) is 23.8 Å². The lowest BCUT2D eigenvalue weighted by Gasteiger charge is -2.41. The van der Waals surface area contributed by atoms with Crippen molar-refractivity contribution >= 4 is 5.97 Å². The fourth-order valence-corrected chi connectivity index (χ4v) is 5.88. The fourth-order valence-electron chi connectivity index (χ4n) is 5.88. The van der Waals surface area contributed by atoms with Gasteiger partial charge >= 0.3 is 5.97 Å². The number of fused-ring (bicyclic) bond motifs is 5. The van der Waals surface area contributed by atoms with Crippen molar-refractivity contribution in [1.29, 1.82) is 0 Å². The van der Waals surface area contributed by atoms with E-state index in [1.54, 1.807) is 0 Å². The highest BCUT2D eigenvalue weighted by atomic mass is 16.5. The predicted molar refractivity (Wildman–Crippen MR) is 76.9 cm³/mol. The molecular weight excluding hydrogens is 252 g/mol. The molecule has 3 heteroatoms. The maximum Gasteiger partial charge on any atom is 0.308 e. The van der Waals surface area contributed by atoms with Crippen LogP contribution in [-0.2, 0) is 9.53 Å². The summed E-state index contributed by atoms with van der Waals surface area (Å²) in [6.45, 7) is 6.61. The second kappa shape index (κ2) is 4.72. The van der Waals surface area contributed by atoms with Crippen molar-refractivity contribution in [2.24, 2.45) is 41.4 Å². The third-order valence-corrected chi connectivity index (χ3v) is 6.92. The maximum absolute atomic E-state index is 11.6. The minimum Gasteiger partial charge on any atom is -0.469 e. The number of carbonyl (C=O) groups excluding carboxylic acids is 1. The first-order valence-corrected chi connectivity index (χ1v) is 8.14. The summed E-state index contributed by atoms with van der Waals surface area (Å²) in [6, 6.07) is 0. The predicted octanol–water partition coefficient (Wildman–Crippen LogP) is 2.86. The molecule has 3 fully saturated rings. The lowest BCUT2D eigenvalue weighted by Crippen LogP contribution is -2.44. The van der Waals surface area contributed by atoms with Gasteiger partial charge in [-0.1, -0.05) is 13.8 Å². The molecule has 0 amide bonds. The van der Waals surface area contributed by atoms with E-state index >= 15 is 0 Å². The Hall–Kier alpha value is -0.570. The number of hydrogen-bond acceptors (Lipinski definition) is 3. The second-order valence-electron chi connectivity index (χ2n) is 7.93. The monoisotopic (exact) mass is 280 g/mol. The van der Waals surface area contributed by atoms with Gasteiger partial charge in [0.05, 0.1) is 19.1 Å². The molecule has 2 bridgehead atoms. The van der Waals surface area contributed by atoms with E-state index in [1.165, 1.54) is 20.0 Å². The van der Waals surface area contributed by atoms with E-state index in [1.807, 2.05) is 6.92 Å². The molecule has 114 valence electrons. The average Bonchev–Trinajstić information content (AvgIpc) is 3.02. The standard InChI is InChI=1S/C17H28O3/c1-9-5-12-11-6-13(16(12)10(9)2)14(7-11)17(3,19)8-15(18)20-4/h9-14,16,19H,5-8H2,1-4H3. The van der Waals surface area contributed by atoms with Gasteiger partial charge in [-0.05, 0) is 67.6 Å². The number of esters is 1. The third-order valence-electron chi connectivity index (χ3n) is 6.92. The molecule has 20 heavy (non-hydrogen) atoms. The molecule has 3 rings (SSSR count). The van der Waals surface area contributed by atoms with Crippen LogP contribution in [0.5, 0.6) is 0 Å². The zero-order valence-electron chi connectivity index (χ0n) is 13.1. The molecule has 8 unspecified atom stereocenters. The van der Waals surface area contributed by atoms with Crippen LogP contribution in [0.2, 0.25) is 0 Å². The molecule has 0 radical (unpaired) electrons. The van der Waals surface area contributed by atoms with Crippen molar-refractivity contribution in [3.05, 3.63) is 0 Å². The quantitative estimate of drug-likeness (QED) is 0.809. The van der Waals surface area contributed by atoms with Crippen LogP contribution in [0.25, 0.3) is 0 Å². The average molecular weight is 280 g/mol. The van der Waals surface area contributed by atoms with Gasteiger partial charge in [0.25, 0.3) is 0 Å². The van der Waals surface area contributed by atoms with Crippen molar-refractivity contribution in [1.82, 2.24) is 0 Å². The van der Waals surface area contributed by atoms with E-state index in [9.17, 15) is 9.90 Å². The van der Waals surface area contributed by atoms with Gasteiger partial charge in [0.2, 0.25) is 0 Å². The molecule has 3 nitrogen and oxygen atoms in total. The van der Waals surface area contributed by atoms with Crippen LogP contribution in [0, 0.1) is 41.4 Å². The normalized spacial score (nSPS) is 49.0. The van der Waals surface area contributed by atoms with Crippen LogP contribution >= 0.6 is 0 Å². The number of hydrogen-bond donors (Lipinski definition) is 1. The highest BCUT2D eigenvalue weighted by Gasteiger charge is 2.61. The van der Waals surface area contributed by atoms with E-state index in [4.69, 9.17) is 4.74 Å². The van der Waals surface area contributed by atoms with Crippen LogP contribution in [0.15, 0.2) is 0 Å². The summed E-state index contributed by atoms with van der Waals surface area (Å²) in [5, 5.41) is 10.8. The van der Waals surface area contributed by atoms with Gasteiger partial charge in [0.15, 0.2) is 0 Å².